The summed E-state index contributed by atoms with van der Waals surface area (Å²) in [6.07, 6.45) is 2.09. The first-order valence-corrected chi connectivity index (χ1v) is 14.0. The average molecular weight is 548 g/mol. The van der Waals surface area contributed by atoms with Gasteiger partial charge in [0, 0.05) is 12.8 Å². The number of benzene rings is 4. The lowest BCUT2D eigenvalue weighted by Crippen LogP contribution is -2.50. The Hall–Kier alpha value is -4.49. The summed E-state index contributed by atoms with van der Waals surface area (Å²) >= 11 is 0. The van der Waals surface area contributed by atoms with Crippen molar-refractivity contribution >= 4 is 16.7 Å². The first kappa shape index (κ1) is 28.1. The van der Waals surface area contributed by atoms with Crippen molar-refractivity contribution in [2.75, 3.05) is 7.11 Å². The van der Waals surface area contributed by atoms with Crippen molar-refractivity contribution in [3.05, 3.63) is 125 Å². The molecule has 1 amide bonds. The molecule has 0 saturated heterocycles. The minimum Gasteiger partial charge on any atom is -0.497 e. The quantitative estimate of drug-likeness (QED) is 0.231. The maximum absolute atomic E-state index is 13.3. The molecule has 7 heteroatoms. The first-order valence-electron chi connectivity index (χ1n) is 14.0. The third kappa shape index (κ3) is 6.81. The van der Waals surface area contributed by atoms with Crippen LogP contribution in [0.1, 0.15) is 48.2 Å². The number of nitrogens with two attached hydrogens (primary N) is 1. The van der Waals surface area contributed by atoms with Crippen LogP contribution in [0.2, 0.25) is 0 Å². The average Bonchev–Trinajstić information content (AvgIpc) is 3.38. The van der Waals surface area contributed by atoms with Gasteiger partial charge in [-0.15, -0.1) is 10.2 Å². The molecule has 0 fully saturated rings. The van der Waals surface area contributed by atoms with Crippen molar-refractivity contribution in [3.8, 4) is 5.75 Å². The van der Waals surface area contributed by atoms with Crippen molar-refractivity contribution in [2.45, 2.75) is 51.2 Å². The molecule has 0 aliphatic rings. The molecule has 0 saturated carbocycles. The lowest BCUT2D eigenvalue weighted by atomic mass is 9.97. The van der Waals surface area contributed by atoms with Crippen molar-refractivity contribution in [1.29, 1.82) is 0 Å². The fourth-order valence-electron chi connectivity index (χ4n) is 5.02. The topological polar surface area (TPSA) is 95.1 Å². The molecule has 41 heavy (non-hydrogen) atoms. The Morgan fingerprint density at radius 1 is 0.878 bits per heavy atom. The number of nitrogens with zero attached hydrogens (tertiary/aromatic N) is 3. The summed E-state index contributed by atoms with van der Waals surface area (Å²) in [6, 6.07) is 32.5. The third-order valence-corrected chi connectivity index (χ3v) is 7.34. The molecular formula is C34H37N5O2. The molecule has 4 aromatic carbocycles. The zero-order valence-corrected chi connectivity index (χ0v) is 23.9. The number of methoxy groups -OCH3 is 1. The van der Waals surface area contributed by atoms with E-state index < -0.39 is 11.6 Å². The van der Waals surface area contributed by atoms with Crippen LogP contribution in [-0.4, -0.2) is 33.3 Å². The molecule has 5 rings (SSSR count). The highest BCUT2D eigenvalue weighted by Crippen LogP contribution is 2.26. The molecular weight excluding hydrogens is 510 g/mol. The Kier molecular flexibility index (Phi) is 8.45. The van der Waals surface area contributed by atoms with Crippen molar-refractivity contribution in [3.63, 3.8) is 0 Å². The lowest BCUT2D eigenvalue weighted by molar-refractivity contribution is -0.126. The highest BCUT2D eigenvalue weighted by atomic mass is 16.5. The highest BCUT2D eigenvalue weighted by Gasteiger charge is 2.29. The summed E-state index contributed by atoms with van der Waals surface area (Å²) in [5.74, 6) is 2.12. The van der Waals surface area contributed by atoms with E-state index >= 15 is 0 Å². The molecule has 5 aromatic rings. The molecule has 0 radical (unpaired) electrons. The Morgan fingerprint density at radius 2 is 1.59 bits per heavy atom. The van der Waals surface area contributed by atoms with Gasteiger partial charge in [-0.3, -0.25) is 4.79 Å². The minimum absolute atomic E-state index is 0.243. The molecule has 0 bridgehead atoms. The number of nitrogens with one attached hydrogen (secondary N) is 1. The summed E-state index contributed by atoms with van der Waals surface area (Å²) in [4.78, 5) is 13.3. The van der Waals surface area contributed by atoms with Crippen LogP contribution in [0.3, 0.4) is 0 Å². The Labute approximate surface area is 241 Å². The molecule has 1 heterocycles. The van der Waals surface area contributed by atoms with Gasteiger partial charge in [-0.1, -0.05) is 84.9 Å². The zero-order valence-electron chi connectivity index (χ0n) is 23.9. The van der Waals surface area contributed by atoms with Crippen molar-refractivity contribution in [2.24, 2.45) is 5.73 Å². The van der Waals surface area contributed by atoms with E-state index in [1.54, 1.807) is 21.0 Å². The van der Waals surface area contributed by atoms with E-state index in [-0.39, 0.29) is 5.91 Å². The number of hydrogen-bond donors (Lipinski definition) is 2. The summed E-state index contributed by atoms with van der Waals surface area (Å²) in [7, 11) is 1.66. The number of fused-ring (bicyclic) bond motifs is 1. The van der Waals surface area contributed by atoms with Gasteiger partial charge in [0.2, 0.25) is 5.91 Å². The smallest absolute Gasteiger partial charge is 0.240 e. The molecule has 1 atom stereocenters. The van der Waals surface area contributed by atoms with Gasteiger partial charge in [-0.05, 0) is 59.9 Å². The van der Waals surface area contributed by atoms with Crippen LogP contribution in [0.4, 0.5) is 0 Å². The van der Waals surface area contributed by atoms with Gasteiger partial charge in [0.25, 0.3) is 0 Å². The van der Waals surface area contributed by atoms with Crippen LogP contribution >= 0.6 is 0 Å². The van der Waals surface area contributed by atoms with Gasteiger partial charge in [0.05, 0.1) is 25.2 Å². The number of aryl methyl sites for hydroxylation is 2. The molecule has 0 aliphatic carbocycles. The number of carbonyl (C=O) groups is 1. The van der Waals surface area contributed by atoms with E-state index in [2.05, 4.69) is 57.4 Å². The fraction of sp³-hybridized carbons (Fsp3) is 0.265. The van der Waals surface area contributed by atoms with E-state index in [0.717, 1.165) is 39.9 Å². The van der Waals surface area contributed by atoms with Gasteiger partial charge in [0.15, 0.2) is 5.82 Å². The molecule has 0 spiro atoms. The SMILES string of the molecule is COc1ccc(Cn2c(CCc3ccccc3)nnc2[C@@H](Cc2cccc3ccccc23)NC(=O)C(C)(C)N)cc1. The van der Waals surface area contributed by atoms with Gasteiger partial charge in [-0.2, -0.15) is 0 Å². The zero-order chi connectivity index (χ0) is 28.8. The van der Waals surface area contributed by atoms with E-state index in [1.165, 1.54) is 5.56 Å². The molecule has 7 nitrogen and oxygen atoms in total. The van der Waals surface area contributed by atoms with Gasteiger partial charge in [0.1, 0.15) is 11.6 Å². The number of rotatable bonds is 11. The number of hydrogen-bond acceptors (Lipinski definition) is 5. The van der Waals surface area contributed by atoms with Gasteiger partial charge in [-0.25, -0.2) is 0 Å². The maximum atomic E-state index is 13.3. The van der Waals surface area contributed by atoms with E-state index in [9.17, 15) is 4.79 Å². The van der Waals surface area contributed by atoms with Gasteiger partial charge >= 0.3 is 0 Å². The van der Waals surface area contributed by atoms with Crippen LogP contribution in [0.5, 0.6) is 5.75 Å². The number of aromatic nitrogens is 3. The Bertz CT molecular complexity index is 1600. The Balaban J connectivity index is 1.55. The fourth-order valence-corrected chi connectivity index (χ4v) is 5.02. The molecule has 1 aromatic heterocycles. The summed E-state index contributed by atoms with van der Waals surface area (Å²) in [6.45, 7) is 3.99. The van der Waals surface area contributed by atoms with Crippen LogP contribution in [0, 0.1) is 0 Å². The van der Waals surface area contributed by atoms with Crippen LogP contribution < -0.4 is 15.8 Å². The van der Waals surface area contributed by atoms with Crippen LogP contribution in [-0.2, 0) is 30.6 Å². The number of amides is 1. The predicted molar refractivity (Wildman–Crippen MR) is 163 cm³/mol. The van der Waals surface area contributed by atoms with Crippen LogP contribution in [0.25, 0.3) is 10.8 Å². The highest BCUT2D eigenvalue weighted by molar-refractivity contribution is 5.87. The van der Waals surface area contributed by atoms with Crippen molar-refractivity contribution < 1.29 is 9.53 Å². The van der Waals surface area contributed by atoms with Gasteiger partial charge < -0.3 is 20.4 Å². The molecule has 3 N–H and O–H groups in total. The normalized spacial score (nSPS) is 12.3. The minimum atomic E-state index is -1.05. The maximum Gasteiger partial charge on any atom is 0.240 e. The molecule has 0 unspecified atom stereocenters. The molecule has 0 aliphatic heterocycles. The summed E-state index contributed by atoms with van der Waals surface area (Å²) in [5, 5.41) is 14.9. The lowest BCUT2D eigenvalue weighted by Gasteiger charge is -2.25. The van der Waals surface area contributed by atoms with Crippen LogP contribution in [0.15, 0.2) is 97.1 Å². The largest absolute Gasteiger partial charge is 0.497 e. The monoisotopic (exact) mass is 547 g/mol. The summed E-state index contributed by atoms with van der Waals surface area (Å²) < 4.78 is 7.51. The second-order valence-corrected chi connectivity index (χ2v) is 11.0. The second kappa shape index (κ2) is 12.4. The number of carbonyl (C=O) groups excluding carboxylic acids is 1. The van der Waals surface area contributed by atoms with E-state index in [0.29, 0.717) is 25.2 Å². The van der Waals surface area contributed by atoms with E-state index in [4.69, 9.17) is 15.6 Å². The van der Waals surface area contributed by atoms with E-state index in [1.807, 2.05) is 54.6 Å². The number of ether oxygens (including phenoxy) is 1. The third-order valence-electron chi connectivity index (χ3n) is 7.34. The Morgan fingerprint density at radius 3 is 2.32 bits per heavy atom. The first-order chi connectivity index (χ1) is 19.8. The summed E-state index contributed by atoms with van der Waals surface area (Å²) in [5.41, 5.74) is 8.62. The van der Waals surface area contributed by atoms with Crippen molar-refractivity contribution in [1.82, 2.24) is 20.1 Å². The molecule has 210 valence electrons. The predicted octanol–water partition coefficient (Wildman–Crippen LogP) is 5.41. The standard InChI is InChI=1S/C34H37N5O2/c1-34(2,35)33(40)36-30(22-27-14-9-13-26-12-7-8-15-29(26)27)32-38-37-31(21-18-24-10-5-4-6-11-24)39(32)23-25-16-19-28(41-3)20-17-25/h4-17,19-20,30H,18,21-23,35H2,1-3H3,(H,36,40)/t30-/m1/s1. The second-order valence-electron chi connectivity index (χ2n) is 11.0.